The van der Waals surface area contributed by atoms with E-state index in [4.69, 9.17) is 9.47 Å². The molecule has 6 nitrogen and oxygen atoms in total. The summed E-state index contributed by atoms with van der Waals surface area (Å²) >= 11 is 0. The van der Waals surface area contributed by atoms with Crippen molar-refractivity contribution >= 4 is 12.0 Å². The lowest BCUT2D eigenvalue weighted by atomic mass is 9.71. The number of nitrogens with zero attached hydrogens (tertiary/aromatic N) is 1. The lowest BCUT2D eigenvalue weighted by Gasteiger charge is -2.49. The molecular weight excluding hydrogens is 296 g/mol. The number of methoxy groups -OCH3 is 1. The van der Waals surface area contributed by atoms with Gasteiger partial charge in [-0.05, 0) is 38.5 Å². The van der Waals surface area contributed by atoms with E-state index in [0.29, 0.717) is 6.61 Å². The van der Waals surface area contributed by atoms with Crippen molar-refractivity contribution in [3.05, 3.63) is 29.8 Å². The van der Waals surface area contributed by atoms with Crippen LogP contribution in [0.5, 0.6) is 5.75 Å². The number of hydrogen-bond donors (Lipinski definition) is 1. The van der Waals surface area contributed by atoms with Gasteiger partial charge in [0.15, 0.2) is 0 Å². The average molecular weight is 320 g/mol. The van der Waals surface area contributed by atoms with Gasteiger partial charge in [0.05, 0.1) is 19.8 Å². The van der Waals surface area contributed by atoms with E-state index in [-0.39, 0.29) is 18.0 Å². The zero-order valence-electron chi connectivity index (χ0n) is 14.3. The minimum atomic E-state index is -0.896. The van der Waals surface area contributed by atoms with Gasteiger partial charge >= 0.3 is 12.0 Å². The van der Waals surface area contributed by atoms with Gasteiger partial charge in [0, 0.05) is 13.1 Å². The van der Waals surface area contributed by atoms with E-state index in [1.54, 1.807) is 26.0 Å². The maximum Gasteiger partial charge on any atom is 0.317 e. The highest BCUT2D eigenvalue weighted by atomic mass is 16.5. The van der Waals surface area contributed by atoms with Gasteiger partial charge in [-0.1, -0.05) is 12.1 Å². The van der Waals surface area contributed by atoms with Crippen LogP contribution in [-0.2, 0) is 9.53 Å². The van der Waals surface area contributed by atoms with Crippen molar-refractivity contribution in [1.82, 2.24) is 10.2 Å². The van der Waals surface area contributed by atoms with Crippen LogP contribution < -0.4 is 10.1 Å². The quantitative estimate of drug-likeness (QED) is 0.865. The van der Waals surface area contributed by atoms with Crippen molar-refractivity contribution < 1.29 is 19.1 Å². The van der Waals surface area contributed by atoms with E-state index in [1.165, 1.54) is 0 Å². The Bertz CT molecular complexity index is 587. The largest absolute Gasteiger partial charge is 0.497 e. The first-order valence-corrected chi connectivity index (χ1v) is 7.70. The number of urea groups is 1. The summed E-state index contributed by atoms with van der Waals surface area (Å²) in [6.07, 6.45) is 0. The highest BCUT2D eigenvalue weighted by molar-refractivity contribution is 5.85. The first kappa shape index (κ1) is 17.1. The molecule has 1 aliphatic heterocycles. The van der Waals surface area contributed by atoms with E-state index in [2.05, 4.69) is 5.32 Å². The van der Waals surface area contributed by atoms with Crippen LogP contribution in [0.1, 0.15) is 32.4 Å². The molecule has 1 fully saturated rings. The molecule has 1 saturated heterocycles. The summed E-state index contributed by atoms with van der Waals surface area (Å²) in [7, 11) is 3.29. The minimum Gasteiger partial charge on any atom is -0.497 e. The molecule has 6 heteroatoms. The predicted molar refractivity (Wildman–Crippen MR) is 86.2 cm³/mol. The van der Waals surface area contributed by atoms with Crippen LogP contribution >= 0.6 is 0 Å². The smallest absolute Gasteiger partial charge is 0.317 e. The van der Waals surface area contributed by atoms with Gasteiger partial charge in [0.1, 0.15) is 11.2 Å². The van der Waals surface area contributed by atoms with Crippen LogP contribution in [0.3, 0.4) is 0 Å². The number of rotatable bonds is 4. The number of benzene rings is 1. The molecule has 0 aromatic heterocycles. The number of ether oxygens (including phenoxy) is 2. The van der Waals surface area contributed by atoms with Gasteiger partial charge in [-0.2, -0.15) is 0 Å². The molecule has 23 heavy (non-hydrogen) atoms. The molecule has 1 heterocycles. The Morgan fingerprint density at radius 1 is 1.35 bits per heavy atom. The molecule has 0 bridgehead atoms. The first-order valence-electron chi connectivity index (χ1n) is 7.70. The topological polar surface area (TPSA) is 67.9 Å². The summed E-state index contributed by atoms with van der Waals surface area (Å²) in [5, 5.41) is 2.84. The van der Waals surface area contributed by atoms with Gasteiger partial charge in [0.2, 0.25) is 0 Å². The third kappa shape index (κ3) is 2.85. The summed E-state index contributed by atoms with van der Waals surface area (Å²) in [6.45, 7) is 5.74. The van der Waals surface area contributed by atoms with E-state index in [0.717, 1.165) is 11.3 Å². The Hall–Kier alpha value is -2.24. The Kier molecular flexibility index (Phi) is 4.82. The molecule has 3 atom stereocenters. The van der Waals surface area contributed by atoms with Crippen molar-refractivity contribution in [3.63, 3.8) is 0 Å². The van der Waals surface area contributed by atoms with Crippen molar-refractivity contribution in [1.29, 1.82) is 0 Å². The van der Waals surface area contributed by atoms with E-state index in [9.17, 15) is 9.59 Å². The van der Waals surface area contributed by atoms with Crippen LogP contribution in [0.15, 0.2) is 24.3 Å². The number of hydrogen-bond acceptors (Lipinski definition) is 4. The maximum absolute atomic E-state index is 12.7. The van der Waals surface area contributed by atoms with Crippen molar-refractivity contribution in [2.45, 2.75) is 32.9 Å². The van der Waals surface area contributed by atoms with Crippen LogP contribution in [0.4, 0.5) is 4.79 Å². The summed E-state index contributed by atoms with van der Waals surface area (Å²) in [6, 6.07) is 6.43. The Morgan fingerprint density at radius 2 is 1.96 bits per heavy atom. The van der Waals surface area contributed by atoms with Crippen LogP contribution in [0.2, 0.25) is 0 Å². The molecule has 126 valence electrons. The normalized spacial score (nSPS) is 27.3. The SMILES string of the molecule is CCOC(=O)C1(C)C(C)NC(=O)N(C)C1c1ccc(OC)cc1. The van der Waals surface area contributed by atoms with Crippen molar-refractivity contribution in [2.24, 2.45) is 5.41 Å². The molecule has 2 amide bonds. The lowest BCUT2D eigenvalue weighted by molar-refractivity contribution is -0.161. The van der Waals surface area contributed by atoms with Gasteiger partial charge < -0.3 is 19.7 Å². The monoisotopic (exact) mass is 320 g/mol. The highest BCUT2D eigenvalue weighted by Crippen LogP contribution is 2.44. The molecule has 0 spiro atoms. The first-order chi connectivity index (χ1) is 10.9. The average Bonchev–Trinajstić information content (AvgIpc) is 2.54. The summed E-state index contributed by atoms with van der Waals surface area (Å²) in [5.41, 5.74) is -0.0293. The summed E-state index contributed by atoms with van der Waals surface area (Å²) in [4.78, 5) is 26.4. The molecule has 0 aliphatic carbocycles. The summed E-state index contributed by atoms with van der Waals surface area (Å²) in [5.74, 6) is 0.405. The molecule has 1 N–H and O–H groups in total. The number of nitrogens with one attached hydrogen (secondary N) is 1. The fraction of sp³-hybridized carbons (Fsp3) is 0.529. The Morgan fingerprint density at radius 3 is 2.48 bits per heavy atom. The standard InChI is InChI=1S/C17H24N2O4/c1-6-23-15(20)17(3)11(2)18-16(21)19(4)14(17)12-7-9-13(22-5)10-8-12/h7-11,14H,6H2,1-5H3,(H,18,21). The molecular formula is C17H24N2O4. The molecule has 0 radical (unpaired) electrons. The Labute approximate surface area is 136 Å². The number of carbonyl (C=O) groups excluding carboxylic acids is 2. The molecule has 1 aromatic carbocycles. The lowest BCUT2D eigenvalue weighted by Crippen LogP contribution is -2.64. The summed E-state index contributed by atoms with van der Waals surface area (Å²) < 4.78 is 10.5. The van der Waals surface area contributed by atoms with Gasteiger partial charge in [-0.25, -0.2) is 4.79 Å². The molecule has 2 rings (SSSR count). The number of esters is 1. The zero-order chi connectivity index (χ0) is 17.2. The third-order valence-electron chi connectivity index (χ3n) is 4.66. The zero-order valence-corrected chi connectivity index (χ0v) is 14.3. The van der Waals surface area contributed by atoms with Gasteiger partial charge in [-0.3, -0.25) is 4.79 Å². The number of amides is 2. The molecule has 1 aromatic rings. The second-order valence-corrected chi connectivity index (χ2v) is 5.96. The molecule has 0 saturated carbocycles. The van der Waals surface area contributed by atoms with Crippen molar-refractivity contribution in [2.75, 3.05) is 20.8 Å². The fourth-order valence-corrected chi connectivity index (χ4v) is 3.12. The van der Waals surface area contributed by atoms with Gasteiger partial charge in [-0.15, -0.1) is 0 Å². The van der Waals surface area contributed by atoms with Crippen molar-refractivity contribution in [3.8, 4) is 5.75 Å². The maximum atomic E-state index is 12.7. The minimum absolute atomic E-state index is 0.208. The van der Waals surface area contributed by atoms with Crippen LogP contribution in [0, 0.1) is 5.41 Å². The Balaban J connectivity index is 2.50. The number of carbonyl (C=O) groups is 2. The second-order valence-electron chi connectivity index (χ2n) is 5.96. The highest BCUT2D eigenvalue weighted by Gasteiger charge is 2.54. The second kappa shape index (κ2) is 6.48. The molecule has 1 aliphatic rings. The molecule has 3 unspecified atom stereocenters. The van der Waals surface area contributed by atoms with Gasteiger partial charge in [0.25, 0.3) is 0 Å². The van der Waals surface area contributed by atoms with E-state index >= 15 is 0 Å². The third-order valence-corrected chi connectivity index (χ3v) is 4.66. The fourth-order valence-electron chi connectivity index (χ4n) is 3.12. The van der Waals surface area contributed by atoms with E-state index in [1.807, 2.05) is 38.1 Å². The van der Waals surface area contributed by atoms with Crippen LogP contribution in [-0.4, -0.2) is 43.7 Å². The van der Waals surface area contributed by atoms with E-state index < -0.39 is 11.5 Å². The van der Waals surface area contributed by atoms with Crippen LogP contribution in [0.25, 0.3) is 0 Å². The predicted octanol–water partition coefficient (Wildman–Crippen LogP) is 2.35.